The highest BCUT2D eigenvalue weighted by molar-refractivity contribution is 5.65. The van der Waals surface area contributed by atoms with Gasteiger partial charge in [-0.3, -0.25) is 0 Å². The highest BCUT2D eigenvalue weighted by Gasteiger charge is 2.43. The molecule has 0 saturated carbocycles. The van der Waals surface area contributed by atoms with Gasteiger partial charge in [-0.2, -0.15) is 5.26 Å². The molecule has 2 heterocycles. The first-order valence-corrected chi connectivity index (χ1v) is 7.42. The molecule has 2 saturated heterocycles. The molecule has 0 radical (unpaired) electrons. The first-order valence-electron chi connectivity index (χ1n) is 7.42. The van der Waals surface area contributed by atoms with E-state index in [9.17, 15) is 0 Å². The molecular formula is C18H17N3. The fraction of sp³-hybridized carbons (Fsp3) is 0.278. The van der Waals surface area contributed by atoms with Gasteiger partial charge in [-0.05, 0) is 28.8 Å². The highest BCUT2D eigenvalue weighted by Crippen LogP contribution is 2.35. The average molecular weight is 275 g/mol. The van der Waals surface area contributed by atoms with Gasteiger partial charge in [0.1, 0.15) is 0 Å². The number of fused-ring (bicyclic) bond motifs is 2. The van der Waals surface area contributed by atoms with Gasteiger partial charge in [-0.25, -0.2) is 0 Å². The summed E-state index contributed by atoms with van der Waals surface area (Å²) in [6.45, 7) is 2.13. The molecule has 104 valence electrons. The second kappa shape index (κ2) is 5.00. The van der Waals surface area contributed by atoms with Gasteiger partial charge in [0.25, 0.3) is 0 Å². The standard InChI is InChI=1S/C18H17N3/c19-9-12-2-1-3-15(8-12)13-4-6-14(7-5-13)18-16-10-20-11-17(18)21-16/h1-8,16-18,20-21H,10-11H2/t16-,17+,18?. The Balaban J connectivity index is 1.60. The maximum Gasteiger partial charge on any atom is 0.0991 e. The zero-order valence-corrected chi connectivity index (χ0v) is 11.7. The normalized spacial score (nSPS) is 26.7. The van der Waals surface area contributed by atoms with Crippen molar-refractivity contribution in [3.05, 3.63) is 59.7 Å². The maximum atomic E-state index is 8.99. The summed E-state index contributed by atoms with van der Waals surface area (Å²) in [5.41, 5.74) is 4.41. The number of hydrogen-bond acceptors (Lipinski definition) is 3. The summed E-state index contributed by atoms with van der Waals surface area (Å²) in [6, 6.07) is 20.0. The summed E-state index contributed by atoms with van der Waals surface area (Å²) in [6.07, 6.45) is 0. The molecule has 3 nitrogen and oxygen atoms in total. The second-order valence-corrected chi connectivity index (χ2v) is 5.88. The highest BCUT2D eigenvalue weighted by atomic mass is 15.2. The third-order valence-corrected chi connectivity index (χ3v) is 4.64. The van der Waals surface area contributed by atoms with Crippen LogP contribution in [0.5, 0.6) is 0 Å². The number of benzene rings is 2. The second-order valence-electron chi connectivity index (χ2n) is 5.88. The third kappa shape index (κ3) is 2.13. The van der Waals surface area contributed by atoms with E-state index in [1.165, 1.54) is 11.1 Å². The number of nitriles is 1. The summed E-state index contributed by atoms with van der Waals surface area (Å²) in [5.74, 6) is 0.644. The number of piperazine rings is 1. The molecule has 2 fully saturated rings. The average Bonchev–Trinajstić information content (AvgIpc) is 2.56. The van der Waals surface area contributed by atoms with Crippen LogP contribution in [0.4, 0.5) is 0 Å². The van der Waals surface area contributed by atoms with E-state index in [0.29, 0.717) is 23.6 Å². The van der Waals surface area contributed by atoms with Crippen LogP contribution in [0.3, 0.4) is 0 Å². The minimum atomic E-state index is 0.580. The summed E-state index contributed by atoms with van der Waals surface area (Å²) < 4.78 is 0. The smallest absolute Gasteiger partial charge is 0.0991 e. The van der Waals surface area contributed by atoms with Crippen molar-refractivity contribution < 1.29 is 0 Å². The zero-order chi connectivity index (χ0) is 14.2. The van der Waals surface area contributed by atoms with E-state index < -0.39 is 0 Å². The summed E-state index contributed by atoms with van der Waals surface area (Å²) in [5, 5.41) is 16.0. The van der Waals surface area contributed by atoms with Crippen LogP contribution in [-0.4, -0.2) is 25.2 Å². The zero-order valence-electron chi connectivity index (χ0n) is 11.7. The predicted molar refractivity (Wildman–Crippen MR) is 82.9 cm³/mol. The Labute approximate surface area is 124 Å². The number of nitrogens with zero attached hydrogens (tertiary/aromatic N) is 1. The van der Waals surface area contributed by atoms with E-state index in [2.05, 4.69) is 47.0 Å². The summed E-state index contributed by atoms with van der Waals surface area (Å²) in [4.78, 5) is 0. The van der Waals surface area contributed by atoms with Gasteiger partial charge in [-0.15, -0.1) is 0 Å². The Morgan fingerprint density at radius 1 is 0.952 bits per heavy atom. The molecule has 4 rings (SSSR count). The van der Waals surface area contributed by atoms with Crippen molar-refractivity contribution in [3.63, 3.8) is 0 Å². The molecule has 0 spiro atoms. The fourth-order valence-corrected chi connectivity index (χ4v) is 3.54. The van der Waals surface area contributed by atoms with E-state index >= 15 is 0 Å². The molecule has 0 aliphatic carbocycles. The lowest BCUT2D eigenvalue weighted by molar-refractivity contribution is 0.157. The van der Waals surface area contributed by atoms with Crippen molar-refractivity contribution in [2.45, 2.75) is 18.0 Å². The molecule has 0 aromatic heterocycles. The Morgan fingerprint density at radius 2 is 1.71 bits per heavy atom. The van der Waals surface area contributed by atoms with Gasteiger partial charge >= 0.3 is 0 Å². The van der Waals surface area contributed by atoms with Crippen LogP contribution in [0.2, 0.25) is 0 Å². The minimum absolute atomic E-state index is 0.580. The van der Waals surface area contributed by atoms with Crippen molar-refractivity contribution in [1.29, 1.82) is 5.26 Å². The fourth-order valence-electron chi connectivity index (χ4n) is 3.54. The van der Waals surface area contributed by atoms with E-state index in [1.54, 1.807) is 0 Å². The van der Waals surface area contributed by atoms with Gasteiger partial charge in [0, 0.05) is 31.1 Å². The molecule has 2 aliphatic heterocycles. The first kappa shape index (κ1) is 12.6. The third-order valence-electron chi connectivity index (χ3n) is 4.64. The molecular weight excluding hydrogens is 258 g/mol. The predicted octanol–water partition coefficient (Wildman–Crippen LogP) is 2.25. The molecule has 2 N–H and O–H groups in total. The Kier molecular flexibility index (Phi) is 2.99. The molecule has 2 aromatic rings. The number of rotatable bonds is 2. The van der Waals surface area contributed by atoms with Crippen LogP contribution in [0.15, 0.2) is 48.5 Å². The largest absolute Gasteiger partial charge is 0.314 e. The number of piperidine rings is 1. The topological polar surface area (TPSA) is 47.9 Å². The van der Waals surface area contributed by atoms with Crippen molar-refractivity contribution in [2.24, 2.45) is 0 Å². The molecule has 2 aliphatic rings. The number of nitrogens with one attached hydrogen (secondary N) is 2. The molecule has 0 amide bonds. The van der Waals surface area contributed by atoms with Gasteiger partial charge in [0.05, 0.1) is 11.6 Å². The summed E-state index contributed by atoms with van der Waals surface area (Å²) >= 11 is 0. The SMILES string of the molecule is N#Cc1cccc(-c2ccc(C3[C@@H]4CNC[C@H]3N4)cc2)c1. The lowest BCUT2D eigenvalue weighted by atomic mass is 9.75. The maximum absolute atomic E-state index is 8.99. The van der Waals surface area contributed by atoms with Gasteiger partial charge in [-0.1, -0.05) is 36.4 Å². The van der Waals surface area contributed by atoms with Crippen LogP contribution in [-0.2, 0) is 0 Å². The van der Waals surface area contributed by atoms with E-state index in [0.717, 1.165) is 18.7 Å². The molecule has 21 heavy (non-hydrogen) atoms. The summed E-state index contributed by atoms with van der Waals surface area (Å²) in [7, 11) is 0. The Bertz CT molecular complexity index is 685. The van der Waals surface area contributed by atoms with Gasteiger partial charge < -0.3 is 10.6 Å². The van der Waals surface area contributed by atoms with E-state index in [4.69, 9.17) is 5.26 Å². The van der Waals surface area contributed by atoms with Crippen molar-refractivity contribution >= 4 is 0 Å². The Hall–Kier alpha value is -2.15. The monoisotopic (exact) mass is 275 g/mol. The van der Waals surface area contributed by atoms with Crippen LogP contribution >= 0.6 is 0 Å². The first-order chi connectivity index (χ1) is 10.3. The van der Waals surface area contributed by atoms with Gasteiger partial charge in [0.15, 0.2) is 0 Å². The van der Waals surface area contributed by atoms with Crippen molar-refractivity contribution in [3.8, 4) is 17.2 Å². The molecule has 2 bridgehead atoms. The van der Waals surface area contributed by atoms with E-state index in [-0.39, 0.29) is 0 Å². The lowest BCUT2D eigenvalue weighted by Crippen LogP contribution is -2.71. The molecule has 1 unspecified atom stereocenters. The molecule has 2 aromatic carbocycles. The van der Waals surface area contributed by atoms with Gasteiger partial charge in [0.2, 0.25) is 0 Å². The van der Waals surface area contributed by atoms with Crippen molar-refractivity contribution in [1.82, 2.24) is 10.6 Å². The minimum Gasteiger partial charge on any atom is -0.314 e. The lowest BCUT2D eigenvalue weighted by Gasteiger charge is -2.51. The Morgan fingerprint density at radius 3 is 2.38 bits per heavy atom. The number of hydrogen-bond donors (Lipinski definition) is 2. The molecule has 3 heteroatoms. The van der Waals surface area contributed by atoms with Crippen LogP contribution in [0, 0.1) is 11.3 Å². The van der Waals surface area contributed by atoms with Crippen LogP contribution < -0.4 is 10.6 Å². The molecule has 3 atom stereocenters. The van der Waals surface area contributed by atoms with E-state index in [1.807, 2.05) is 18.2 Å². The van der Waals surface area contributed by atoms with Crippen molar-refractivity contribution in [2.75, 3.05) is 13.1 Å². The van der Waals surface area contributed by atoms with Crippen LogP contribution in [0.25, 0.3) is 11.1 Å². The van der Waals surface area contributed by atoms with Crippen LogP contribution in [0.1, 0.15) is 17.0 Å². The quantitative estimate of drug-likeness (QED) is 0.884.